The summed E-state index contributed by atoms with van der Waals surface area (Å²) in [4.78, 5) is 37.8. The Morgan fingerprint density at radius 3 is 2.69 bits per heavy atom. The molecule has 0 saturated carbocycles. The van der Waals surface area contributed by atoms with E-state index >= 15 is 0 Å². The van der Waals surface area contributed by atoms with Crippen LogP contribution in [0.3, 0.4) is 0 Å². The molecule has 5 rings (SSSR count). The molecule has 1 aromatic carbocycles. The summed E-state index contributed by atoms with van der Waals surface area (Å²) in [6, 6.07) is 15.2. The van der Waals surface area contributed by atoms with Crippen molar-refractivity contribution in [2.75, 3.05) is 10.2 Å². The Morgan fingerprint density at radius 1 is 1.12 bits per heavy atom. The maximum Gasteiger partial charge on any atom is 0.232 e. The van der Waals surface area contributed by atoms with Crippen LogP contribution < -0.4 is 10.2 Å². The van der Waals surface area contributed by atoms with Crippen molar-refractivity contribution in [3.8, 4) is 11.3 Å². The number of carbonyl (C=O) groups is 2. The fourth-order valence-electron chi connectivity index (χ4n) is 3.94. The minimum atomic E-state index is -0.506. The molecule has 0 aliphatic carbocycles. The highest BCUT2D eigenvalue weighted by atomic mass is 32.1. The van der Waals surface area contributed by atoms with Gasteiger partial charge in [0.1, 0.15) is 0 Å². The lowest BCUT2D eigenvalue weighted by atomic mass is 9.97. The number of hydrogen-bond acceptors (Lipinski definition) is 6. The second-order valence-electron chi connectivity index (χ2n) is 7.64. The van der Waals surface area contributed by atoms with E-state index in [1.165, 1.54) is 11.3 Å². The average Bonchev–Trinajstić information content (AvgIpc) is 3.55. The molecule has 4 heterocycles. The van der Waals surface area contributed by atoms with Gasteiger partial charge in [-0.3, -0.25) is 14.6 Å². The first-order chi connectivity index (χ1) is 15.6. The number of benzene rings is 1. The first-order valence-corrected chi connectivity index (χ1v) is 11.9. The summed E-state index contributed by atoms with van der Waals surface area (Å²) in [5.41, 5.74) is 3.58. The SMILES string of the molecule is Cc1ccc(N2C(=O)CC(C(=O)Nc3nc(-c4cccnc4)cs3)C2c2cccs2)cc1. The minimum Gasteiger partial charge on any atom is -0.303 e. The Kier molecular flexibility index (Phi) is 5.55. The number of thiophene rings is 1. The van der Waals surface area contributed by atoms with E-state index in [4.69, 9.17) is 0 Å². The van der Waals surface area contributed by atoms with Crippen LogP contribution in [0.5, 0.6) is 0 Å². The van der Waals surface area contributed by atoms with Crippen LogP contribution in [0, 0.1) is 12.8 Å². The fraction of sp³-hybridized carbons (Fsp3) is 0.167. The van der Waals surface area contributed by atoms with Gasteiger partial charge in [-0.15, -0.1) is 22.7 Å². The van der Waals surface area contributed by atoms with Gasteiger partial charge < -0.3 is 10.2 Å². The molecular formula is C24H20N4O2S2. The molecule has 1 aliphatic heterocycles. The van der Waals surface area contributed by atoms with Gasteiger partial charge in [0.2, 0.25) is 11.8 Å². The van der Waals surface area contributed by atoms with E-state index in [0.29, 0.717) is 5.13 Å². The van der Waals surface area contributed by atoms with Crippen LogP contribution in [0.2, 0.25) is 0 Å². The molecule has 1 aliphatic rings. The van der Waals surface area contributed by atoms with Crippen molar-refractivity contribution in [3.63, 3.8) is 0 Å². The third-order valence-corrected chi connectivity index (χ3v) is 7.20. The number of carbonyl (C=O) groups excluding carboxylic acids is 2. The largest absolute Gasteiger partial charge is 0.303 e. The highest BCUT2D eigenvalue weighted by molar-refractivity contribution is 7.14. The lowest BCUT2D eigenvalue weighted by Gasteiger charge is -2.27. The summed E-state index contributed by atoms with van der Waals surface area (Å²) in [6.45, 7) is 2.01. The normalized spacial score (nSPS) is 18.2. The zero-order valence-electron chi connectivity index (χ0n) is 17.3. The number of thiazole rings is 1. The molecule has 160 valence electrons. The Balaban J connectivity index is 1.42. The molecular weight excluding hydrogens is 440 g/mol. The fourth-order valence-corrected chi connectivity index (χ4v) is 5.54. The lowest BCUT2D eigenvalue weighted by Crippen LogP contribution is -2.31. The van der Waals surface area contributed by atoms with Crippen molar-refractivity contribution in [1.29, 1.82) is 0 Å². The highest BCUT2D eigenvalue weighted by Gasteiger charge is 2.46. The number of hydrogen-bond donors (Lipinski definition) is 1. The Labute approximate surface area is 193 Å². The van der Waals surface area contributed by atoms with E-state index < -0.39 is 5.92 Å². The summed E-state index contributed by atoms with van der Waals surface area (Å²) in [5.74, 6) is -0.755. The second-order valence-corrected chi connectivity index (χ2v) is 9.48. The Morgan fingerprint density at radius 2 is 1.97 bits per heavy atom. The Hall–Kier alpha value is -3.36. The smallest absolute Gasteiger partial charge is 0.232 e. The molecule has 2 atom stereocenters. The van der Waals surface area contributed by atoms with Crippen LogP contribution in [0.25, 0.3) is 11.3 Å². The van der Waals surface area contributed by atoms with Gasteiger partial charge in [0.15, 0.2) is 5.13 Å². The third kappa shape index (κ3) is 3.94. The van der Waals surface area contributed by atoms with Crippen LogP contribution in [-0.4, -0.2) is 21.8 Å². The molecule has 1 fully saturated rings. The van der Waals surface area contributed by atoms with Crippen LogP contribution >= 0.6 is 22.7 Å². The maximum absolute atomic E-state index is 13.3. The summed E-state index contributed by atoms with van der Waals surface area (Å²) in [5, 5.41) is 7.32. The van der Waals surface area contributed by atoms with E-state index in [1.54, 1.807) is 28.6 Å². The quantitative estimate of drug-likeness (QED) is 0.438. The summed E-state index contributed by atoms with van der Waals surface area (Å²) >= 11 is 2.92. The zero-order valence-corrected chi connectivity index (χ0v) is 18.9. The second kappa shape index (κ2) is 8.64. The molecule has 0 radical (unpaired) electrons. The zero-order chi connectivity index (χ0) is 22.1. The standard InChI is InChI=1S/C24H20N4O2S2/c1-15-6-8-17(9-7-15)28-21(29)12-18(22(28)20-5-3-11-31-20)23(30)27-24-26-19(14-32-24)16-4-2-10-25-13-16/h2-11,13-14,18,22H,12H2,1H3,(H,26,27,30). The van der Waals surface area contributed by atoms with Gasteiger partial charge in [-0.2, -0.15) is 0 Å². The lowest BCUT2D eigenvalue weighted by molar-refractivity contribution is -0.122. The third-order valence-electron chi connectivity index (χ3n) is 5.50. The molecule has 1 saturated heterocycles. The van der Waals surface area contributed by atoms with Crippen LogP contribution in [0.15, 0.2) is 71.7 Å². The molecule has 32 heavy (non-hydrogen) atoms. The van der Waals surface area contributed by atoms with Crippen molar-refractivity contribution in [2.24, 2.45) is 5.92 Å². The molecule has 2 unspecified atom stereocenters. The van der Waals surface area contributed by atoms with E-state index in [2.05, 4.69) is 15.3 Å². The van der Waals surface area contributed by atoms with Crippen molar-refractivity contribution in [1.82, 2.24) is 9.97 Å². The predicted molar refractivity (Wildman–Crippen MR) is 128 cm³/mol. The Bertz CT molecular complexity index is 1240. The summed E-state index contributed by atoms with van der Waals surface area (Å²) in [6.07, 6.45) is 3.60. The van der Waals surface area contributed by atoms with Gasteiger partial charge in [0, 0.05) is 40.3 Å². The number of nitrogens with one attached hydrogen (secondary N) is 1. The number of amides is 2. The number of aromatic nitrogens is 2. The number of anilines is 2. The number of pyridine rings is 1. The monoisotopic (exact) mass is 460 g/mol. The van der Waals surface area contributed by atoms with Gasteiger partial charge in [0.05, 0.1) is 17.7 Å². The molecule has 0 spiro atoms. The molecule has 4 aromatic rings. The molecule has 1 N–H and O–H groups in total. The topological polar surface area (TPSA) is 75.2 Å². The van der Waals surface area contributed by atoms with Crippen LogP contribution in [0.1, 0.15) is 22.9 Å². The van der Waals surface area contributed by atoms with E-state index in [1.807, 2.05) is 66.2 Å². The minimum absolute atomic E-state index is 0.0532. The van der Waals surface area contributed by atoms with Crippen LogP contribution in [-0.2, 0) is 9.59 Å². The van der Waals surface area contributed by atoms with E-state index in [0.717, 1.165) is 27.4 Å². The molecule has 3 aromatic heterocycles. The van der Waals surface area contributed by atoms with Crippen LogP contribution in [0.4, 0.5) is 10.8 Å². The molecule has 2 amide bonds. The molecule has 6 nitrogen and oxygen atoms in total. The van der Waals surface area contributed by atoms with Crippen molar-refractivity contribution in [2.45, 2.75) is 19.4 Å². The van der Waals surface area contributed by atoms with E-state index in [9.17, 15) is 9.59 Å². The highest BCUT2D eigenvalue weighted by Crippen LogP contribution is 2.43. The average molecular weight is 461 g/mol. The first-order valence-electron chi connectivity index (χ1n) is 10.2. The number of aryl methyl sites for hydroxylation is 1. The van der Waals surface area contributed by atoms with Gasteiger partial charge in [-0.25, -0.2) is 4.98 Å². The first kappa shape index (κ1) is 20.5. The van der Waals surface area contributed by atoms with Crippen molar-refractivity contribution in [3.05, 3.63) is 82.1 Å². The predicted octanol–water partition coefficient (Wildman–Crippen LogP) is 5.31. The molecule has 0 bridgehead atoms. The maximum atomic E-state index is 13.3. The van der Waals surface area contributed by atoms with Gasteiger partial charge in [-0.05, 0) is 42.6 Å². The van der Waals surface area contributed by atoms with Gasteiger partial charge >= 0.3 is 0 Å². The van der Waals surface area contributed by atoms with E-state index in [-0.39, 0.29) is 24.3 Å². The summed E-state index contributed by atoms with van der Waals surface area (Å²) in [7, 11) is 0. The molecule has 8 heteroatoms. The van der Waals surface area contributed by atoms with Gasteiger partial charge in [0.25, 0.3) is 0 Å². The number of rotatable bonds is 5. The summed E-state index contributed by atoms with van der Waals surface area (Å²) < 4.78 is 0. The van der Waals surface area contributed by atoms with Crippen molar-refractivity contribution < 1.29 is 9.59 Å². The van der Waals surface area contributed by atoms with Crippen molar-refractivity contribution >= 4 is 45.3 Å². The number of nitrogens with zero attached hydrogens (tertiary/aromatic N) is 3. The van der Waals surface area contributed by atoms with Gasteiger partial charge in [-0.1, -0.05) is 23.8 Å².